The number of carbonyl (C=O) groups excluding carboxylic acids is 3. The number of halogens is 3. The zero-order chi connectivity index (χ0) is 22.0. The lowest BCUT2D eigenvalue weighted by Crippen LogP contribution is -2.37. The Labute approximate surface area is 201 Å². The van der Waals surface area contributed by atoms with E-state index in [0.29, 0.717) is 22.0 Å². The molecule has 1 heterocycles. The third kappa shape index (κ3) is 3.19. The predicted molar refractivity (Wildman–Crippen MR) is 127 cm³/mol. The van der Waals surface area contributed by atoms with Crippen LogP contribution in [0.25, 0.3) is 0 Å². The molecule has 0 spiro atoms. The Kier molecular flexibility index (Phi) is 5.26. The van der Waals surface area contributed by atoms with Gasteiger partial charge in [0.15, 0.2) is 0 Å². The molecule has 5 rings (SSSR count). The van der Waals surface area contributed by atoms with E-state index in [4.69, 9.17) is 11.6 Å². The van der Waals surface area contributed by atoms with Crippen LogP contribution in [-0.4, -0.2) is 27.4 Å². The number of nitrogens with zero attached hydrogens (tertiary/aromatic N) is 1. The molecule has 160 valence electrons. The standard InChI is InChI=1S/C23H19Br2ClN2O3/c1-10-15(26)6-3-7-16(10)27-21(29)11-4-2-5-12(8-11)28-22(30)17-13-9-14(18(17)23(28)31)20(25)19(13)24/h2-8,13-14,17-20H,9H2,1H3,(H,27,29)/t13-,14-,17-,18+,19-,20+/m1/s1. The summed E-state index contributed by atoms with van der Waals surface area (Å²) >= 11 is 13.5. The summed E-state index contributed by atoms with van der Waals surface area (Å²) in [5, 5.41) is 3.42. The summed E-state index contributed by atoms with van der Waals surface area (Å²) in [4.78, 5) is 41.0. The molecule has 2 saturated carbocycles. The number of benzene rings is 2. The third-order valence-electron chi connectivity index (χ3n) is 6.87. The minimum Gasteiger partial charge on any atom is -0.322 e. The third-order valence-corrected chi connectivity index (χ3v) is 10.5. The fourth-order valence-corrected chi connectivity index (χ4v) is 7.37. The van der Waals surface area contributed by atoms with E-state index in [1.807, 2.05) is 6.92 Å². The van der Waals surface area contributed by atoms with Crippen LogP contribution in [0.15, 0.2) is 42.5 Å². The quantitative estimate of drug-likeness (QED) is 0.411. The van der Waals surface area contributed by atoms with Gasteiger partial charge in [0.2, 0.25) is 11.8 Å². The Morgan fingerprint density at radius 3 is 2.29 bits per heavy atom. The van der Waals surface area contributed by atoms with Gasteiger partial charge >= 0.3 is 0 Å². The first kappa shape index (κ1) is 21.2. The van der Waals surface area contributed by atoms with Crippen LogP contribution < -0.4 is 10.2 Å². The van der Waals surface area contributed by atoms with Crippen LogP contribution in [-0.2, 0) is 9.59 Å². The number of fused-ring (bicyclic) bond motifs is 5. The van der Waals surface area contributed by atoms with Crippen molar-refractivity contribution in [3.8, 4) is 0 Å². The molecule has 0 radical (unpaired) electrons. The fraction of sp³-hybridized carbons (Fsp3) is 0.348. The van der Waals surface area contributed by atoms with Crippen molar-refractivity contribution in [2.75, 3.05) is 10.2 Å². The van der Waals surface area contributed by atoms with Gasteiger partial charge in [-0.05, 0) is 61.1 Å². The number of nitrogens with one attached hydrogen (secondary N) is 1. The highest BCUT2D eigenvalue weighted by Gasteiger charge is 2.66. The van der Waals surface area contributed by atoms with Crippen LogP contribution in [0.2, 0.25) is 5.02 Å². The first-order valence-electron chi connectivity index (χ1n) is 10.1. The smallest absolute Gasteiger partial charge is 0.255 e. The Balaban J connectivity index is 1.42. The van der Waals surface area contributed by atoms with Crippen LogP contribution in [0.4, 0.5) is 11.4 Å². The van der Waals surface area contributed by atoms with Crippen molar-refractivity contribution < 1.29 is 14.4 Å². The molecule has 8 heteroatoms. The highest BCUT2D eigenvalue weighted by atomic mass is 79.9. The van der Waals surface area contributed by atoms with Crippen molar-refractivity contribution in [1.82, 2.24) is 0 Å². The minimum absolute atomic E-state index is 0.151. The van der Waals surface area contributed by atoms with Crippen molar-refractivity contribution in [3.05, 3.63) is 58.6 Å². The lowest BCUT2D eigenvalue weighted by molar-refractivity contribution is -0.123. The van der Waals surface area contributed by atoms with Crippen LogP contribution in [0.5, 0.6) is 0 Å². The van der Waals surface area contributed by atoms with Gasteiger partial charge in [0.05, 0.1) is 17.5 Å². The van der Waals surface area contributed by atoms with E-state index in [1.54, 1.807) is 42.5 Å². The van der Waals surface area contributed by atoms with Crippen LogP contribution in [0.1, 0.15) is 22.3 Å². The number of carbonyl (C=O) groups is 3. The molecule has 2 aromatic carbocycles. The number of amides is 3. The summed E-state index contributed by atoms with van der Waals surface area (Å²) in [6.45, 7) is 1.83. The molecule has 5 nitrogen and oxygen atoms in total. The first-order chi connectivity index (χ1) is 14.8. The molecule has 3 aliphatic rings. The van der Waals surface area contributed by atoms with Crippen molar-refractivity contribution in [2.24, 2.45) is 23.7 Å². The lowest BCUT2D eigenvalue weighted by atomic mass is 9.81. The maximum atomic E-state index is 13.2. The molecule has 2 aliphatic carbocycles. The molecule has 6 atom stereocenters. The van der Waals surface area contributed by atoms with Crippen LogP contribution in [0.3, 0.4) is 0 Å². The maximum Gasteiger partial charge on any atom is 0.255 e. The molecule has 3 fully saturated rings. The maximum absolute atomic E-state index is 13.2. The predicted octanol–water partition coefficient (Wildman–Crippen LogP) is 5.18. The SMILES string of the molecule is Cc1c(Cl)cccc1NC(=O)c1cccc(N2C(=O)[C@@H]3[C@H]4C[C@@H]([C@H](Br)[C@@H]4Br)[C@@H]3C2=O)c1. The Hall–Kier alpha value is -1.70. The van der Waals surface area contributed by atoms with E-state index in [-0.39, 0.29) is 51.0 Å². The van der Waals surface area contributed by atoms with Crippen molar-refractivity contribution >= 4 is 72.6 Å². The van der Waals surface area contributed by atoms with Gasteiger partial charge in [-0.15, -0.1) is 0 Å². The number of anilines is 2. The highest BCUT2D eigenvalue weighted by molar-refractivity contribution is 9.12. The molecule has 31 heavy (non-hydrogen) atoms. The zero-order valence-electron chi connectivity index (χ0n) is 16.5. The van der Waals surface area contributed by atoms with E-state index < -0.39 is 0 Å². The van der Waals surface area contributed by atoms with Crippen LogP contribution in [0, 0.1) is 30.6 Å². The Morgan fingerprint density at radius 2 is 1.65 bits per heavy atom. The number of hydrogen-bond acceptors (Lipinski definition) is 3. The first-order valence-corrected chi connectivity index (χ1v) is 12.3. The molecule has 2 bridgehead atoms. The second kappa shape index (κ2) is 7.71. The van der Waals surface area contributed by atoms with Crippen LogP contribution >= 0.6 is 43.5 Å². The summed E-state index contributed by atoms with van der Waals surface area (Å²) in [5.41, 5.74) is 2.20. The van der Waals surface area contributed by atoms with Gasteiger partial charge < -0.3 is 5.32 Å². The zero-order valence-corrected chi connectivity index (χ0v) is 20.4. The summed E-state index contributed by atoms with van der Waals surface area (Å²) in [6.07, 6.45) is 0.883. The van der Waals surface area contributed by atoms with Crippen molar-refractivity contribution in [1.29, 1.82) is 0 Å². The molecule has 1 saturated heterocycles. The van der Waals surface area contributed by atoms with Gasteiger partial charge in [0.1, 0.15) is 0 Å². The van der Waals surface area contributed by atoms with Gasteiger partial charge in [0.25, 0.3) is 5.91 Å². The topological polar surface area (TPSA) is 66.5 Å². The molecule has 2 aromatic rings. The van der Waals surface area contributed by atoms with E-state index >= 15 is 0 Å². The summed E-state index contributed by atoms with van der Waals surface area (Å²) < 4.78 is 0. The van der Waals surface area contributed by atoms with E-state index in [9.17, 15) is 14.4 Å². The number of alkyl halides is 2. The van der Waals surface area contributed by atoms with E-state index in [2.05, 4.69) is 37.2 Å². The fourth-order valence-electron chi connectivity index (χ4n) is 5.33. The highest BCUT2D eigenvalue weighted by Crippen LogP contribution is 2.60. The van der Waals surface area contributed by atoms with Crippen molar-refractivity contribution in [3.63, 3.8) is 0 Å². The lowest BCUT2D eigenvalue weighted by Gasteiger charge is -2.28. The number of rotatable bonds is 3. The summed E-state index contributed by atoms with van der Waals surface area (Å²) in [6, 6.07) is 12.0. The minimum atomic E-state index is -0.326. The Morgan fingerprint density at radius 1 is 1.03 bits per heavy atom. The van der Waals surface area contributed by atoms with Crippen molar-refractivity contribution in [2.45, 2.75) is 23.0 Å². The monoisotopic (exact) mass is 564 g/mol. The normalized spacial score (nSPS) is 31.3. The second-order valence-corrected chi connectivity index (χ2v) is 11.0. The van der Waals surface area contributed by atoms with Gasteiger partial charge in [0, 0.05) is 25.9 Å². The van der Waals surface area contributed by atoms with E-state index in [0.717, 1.165) is 12.0 Å². The van der Waals surface area contributed by atoms with E-state index in [1.165, 1.54) is 4.90 Å². The van der Waals surface area contributed by atoms with Gasteiger partial charge in [-0.3, -0.25) is 19.3 Å². The second-order valence-electron chi connectivity index (χ2n) is 8.43. The largest absolute Gasteiger partial charge is 0.322 e. The molecule has 1 aliphatic heterocycles. The molecular weight excluding hydrogens is 548 g/mol. The molecule has 3 amide bonds. The average molecular weight is 567 g/mol. The Bertz CT molecular complexity index is 1090. The van der Waals surface area contributed by atoms with Gasteiger partial charge in [-0.2, -0.15) is 0 Å². The molecule has 0 unspecified atom stereocenters. The number of imide groups is 1. The molecular formula is C23H19Br2ClN2O3. The summed E-state index contributed by atoms with van der Waals surface area (Å²) in [5.74, 6) is -0.919. The van der Waals surface area contributed by atoms with Gasteiger partial charge in [-0.1, -0.05) is 55.6 Å². The number of hydrogen-bond donors (Lipinski definition) is 1. The van der Waals surface area contributed by atoms with Gasteiger partial charge in [-0.25, -0.2) is 0 Å². The molecule has 0 aromatic heterocycles. The summed E-state index contributed by atoms with van der Waals surface area (Å²) in [7, 11) is 0. The average Bonchev–Trinajstić information content (AvgIpc) is 3.36. The molecule has 1 N–H and O–H groups in total.